The van der Waals surface area contributed by atoms with E-state index < -0.39 is 12.0 Å². The van der Waals surface area contributed by atoms with Crippen molar-refractivity contribution in [1.82, 2.24) is 25.5 Å². The Balaban J connectivity index is 1.70. The van der Waals surface area contributed by atoms with Gasteiger partial charge in [0.2, 0.25) is 0 Å². The molecule has 0 saturated carbocycles. The van der Waals surface area contributed by atoms with Crippen molar-refractivity contribution in [3.63, 3.8) is 0 Å². The van der Waals surface area contributed by atoms with Gasteiger partial charge in [0.15, 0.2) is 11.5 Å². The van der Waals surface area contributed by atoms with Crippen LogP contribution in [0.25, 0.3) is 11.3 Å². The molecule has 34 heavy (non-hydrogen) atoms. The van der Waals surface area contributed by atoms with E-state index in [1.165, 1.54) is 18.1 Å². The van der Waals surface area contributed by atoms with Gasteiger partial charge in [-0.2, -0.15) is 0 Å². The first kappa shape index (κ1) is 24.9. The van der Waals surface area contributed by atoms with Crippen LogP contribution in [0.2, 0.25) is 0 Å². The smallest absolute Gasteiger partial charge is 0.407 e. The van der Waals surface area contributed by atoms with Gasteiger partial charge in [-0.05, 0) is 36.3 Å². The number of nitrogens with one attached hydrogen (secondary N) is 2. The van der Waals surface area contributed by atoms with E-state index in [1.54, 1.807) is 24.3 Å². The number of nitrogen functional groups attached to an aromatic ring is 1. The highest BCUT2D eigenvalue weighted by Crippen LogP contribution is 2.34. The van der Waals surface area contributed by atoms with Gasteiger partial charge in [-0.15, -0.1) is 0 Å². The van der Waals surface area contributed by atoms with Crippen LogP contribution in [0.5, 0.6) is 0 Å². The van der Waals surface area contributed by atoms with Crippen LogP contribution in [0.3, 0.4) is 0 Å². The molecule has 1 aliphatic rings. The van der Waals surface area contributed by atoms with E-state index in [1.807, 2.05) is 20.8 Å². The third kappa shape index (κ3) is 5.62. The maximum atomic E-state index is 12.9. The Kier molecular flexibility index (Phi) is 7.38. The fourth-order valence-corrected chi connectivity index (χ4v) is 4.26. The number of likely N-dealkylation sites (tertiary alicyclic amines) is 1. The quantitative estimate of drug-likeness (QED) is 0.526. The summed E-state index contributed by atoms with van der Waals surface area (Å²) < 4.78 is 0. The van der Waals surface area contributed by atoms with Gasteiger partial charge in [-0.3, -0.25) is 9.59 Å². The first-order valence-corrected chi connectivity index (χ1v) is 11.2. The van der Waals surface area contributed by atoms with Gasteiger partial charge in [0.1, 0.15) is 0 Å². The van der Waals surface area contributed by atoms with Gasteiger partial charge in [-0.1, -0.05) is 32.9 Å². The fraction of sp³-hybridized carbons (Fsp3) is 0.458. The maximum Gasteiger partial charge on any atom is 0.407 e. The predicted octanol–water partition coefficient (Wildman–Crippen LogP) is 2.62. The zero-order valence-corrected chi connectivity index (χ0v) is 20.0. The first-order chi connectivity index (χ1) is 16.0. The number of benzene rings is 1. The summed E-state index contributed by atoms with van der Waals surface area (Å²) in [4.78, 5) is 46.3. The molecule has 0 radical (unpaired) electrons. The lowest BCUT2D eigenvalue weighted by Crippen LogP contribution is -2.52. The molecule has 3 rings (SSSR count). The SMILES string of the molecule is CNC(=O)c1nc(-c2cccc(C(=O)NCC3CCN(C(=O)O)C(C(C)(C)C)C3)c2)cnc1N. The first-order valence-electron chi connectivity index (χ1n) is 11.2. The zero-order chi connectivity index (χ0) is 25.0. The van der Waals surface area contributed by atoms with Crippen molar-refractivity contribution in [3.8, 4) is 11.3 Å². The van der Waals surface area contributed by atoms with E-state index in [0.29, 0.717) is 42.8 Å². The van der Waals surface area contributed by atoms with Crippen molar-refractivity contribution in [2.45, 2.75) is 39.7 Å². The summed E-state index contributed by atoms with van der Waals surface area (Å²) in [5, 5.41) is 15.0. The van der Waals surface area contributed by atoms with Crippen molar-refractivity contribution in [1.29, 1.82) is 0 Å². The van der Waals surface area contributed by atoms with Crippen molar-refractivity contribution < 1.29 is 19.5 Å². The molecule has 1 aliphatic heterocycles. The minimum atomic E-state index is -0.899. The Bertz CT molecular complexity index is 1080. The topological polar surface area (TPSA) is 151 Å². The summed E-state index contributed by atoms with van der Waals surface area (Å²) in [6.07, 6.45) is 1.95. The number of anilines is 1. The van der Waals surface area contributed by atoms with Gasteiger partial charge in [-0.25, -0.2) is 14.8 Å². The number of aromatic nitrogens is 2. The van der Waals surface area contributed by atoms with Crippen LogP contribution < -0.4 is 16.4 Å². The minimum Gasteiger partial charge on any atom is -0.465 e. The highest BCUT2D eigenvalue weighted by molar-refractivity contribution is 5.97. The molecule has 5 N–H and O–H groups in total. The maximum absolute atomic E-state index is 12.9. The third-order valence-electron chi connectivity index (χ3n) is 6.17. The van der Waals surface area contributed by atoms with Crippen LogP contribution in [0.4, 0.5) is 10.6 Å². The zero-order valence-electron chi connectivity index (χ0n) is 20.0. The molecule has 0 aliphatic carbocycles. The molecule has 10 heteroatoms. The van der Waals surface area contributed by atoms with Crippen LogP contribution in [-0.4, -0.2) is 64.1 Å². The second kappa shape index (κ2) is 10.1. The molecule has 1 aromatic heterocycles. The highest BCUT2D eigenvalue weighted by atomic mass is 16.4. The molecule has 3 amide bonds. The normalized spacial score (nSPS) is 18.3. The average Bonchev–Trinajstić information content (AvgIpc) is 2.81. The fourth-order valence-electron chi connectivity index (χ4n) is 4.26. The van der Waals surface area contributed by atoms with Crippen molar-refractivity contribution in [2.75, 3.05) is 25.9 Å². The van der Waals surface area contributed by atoms with Crippen molar-refractivity contribution in [2.24, 2.45) is 11.3 Å². The lowest BCUT2D eigenvalue weighted by Gasteiger charge is -2.44. The second-order valence-corrected chi connectivity index (χ2v) is 9.61. The summed E-state index contributed by atoms with van der Waals surface area (Å²) in [5.41, 5.74) is 7.10. The summed E-state index contributed by atoms with van der Waals surface area (Å²) in [6, 6.07) is 6.80. The molecule has 0 spiro atoms. The molecule has 182 valence electrons. The number of piperidine rings is 1. The number of hydrogen-bond donors (Lipinski definition) is 4. The largest absolute Gasteiger partial charge is 0.465 e. The van der Waals surface area contributed by atoms with Gasteiger partial charge < -0.3 is 26.4 Å². The van der Waals surface area contributed by atoms with E-state index >= 15 is 0 Å². The van der Waals surface area contributed by atoms with Crippen molar-refractivity contribution >= 4 is 23.7 Å². The summed E-state index contributed by atoms with van der Waals surface area (Å²) in [5.74, 6) is -0.461. The molecule has 10 nitrogen and oxygen atoms in total. The molecule has 2 aromatic rings. The molecule has 1 saturated heterocycles. The van der Waals surface area contributed by atoms with Gasteiger partial charge >= 0.3 is 6.09 Å². The lowest BCUT2D eigenvalue weighted by molar-refractivity contribution is 0.0402. The number of carbonyl (C=O) groups excluding carboxylic acids is 2. The predicted molar refractivity (Wildman–Crippen MR) is 128 cm³/mol. The standard InChI is InChI=1S/C24H32N6O4/c1-24(2,3)18-10-14(8-9-30(18)23(33)34)12-28-21(31)16-7-5-6-15(11-16)17-13-27-20(25)19(29-17)22(32)26-4/h5-7,11,13-14,18H,8-10,12H2,1-4H3,(H2,25,27)(H,26,32)(H,28,31)(H,33,34). The van der Waals surface area contributed by atoms with E-state index in [9.17, 15) is 19.5 Å². The third-order valence-corrected chi connectivity index (χ3v) is 6.17. The van der Waals surface area contributed by atoms with Crippen molar-refractivity contribution in [3.05, 3.63) is 41.7 Å². The van der Waals surface area contributed by atoms with Crippen LogP contribution in [0.15, 0.2) is 30.5 Å². The highest BCUT2D eigenvalue weighted by Gasteiger charge is 2.38. The van der Waals surface area contributed by atoms with Crippen LogP contribution in [0, 0.1) is 11.3 Å². The number of nitrogens with zero attached hydrogens (tertiary/aromatic N) is 3. The number of amides is 3. The Labute approximate surface area is 199 Å². The Morgan fingerprint density at radius 3 is 2.62 bits per heavy atom. The molecular formula is C24H32N6O4. The Hall–Kier alpha value is -3.69. The number of hydrogen-bond acceptors (Lipinski definition) is 6. The lowest BCUT2D eigenvalue weighted by atomic mass is 9.77. The molecule has 2 heterocycles. The molecule has 0 bridgehead atoms. The van der Waals surface area contributed by atoms with Gasteiger partial charge in [0, 0.05) is 37.3 Å². The average molecular weight is 469 g/mol. The minimum absolute atomic E-state index is 0.0240. The number of nitrogens with two attached hydrogens (primary N) is 1. The van der Waals surface area contributed by atoms with Crippen LogP contribution in [0.1, 0.15) is 54.5 Å². The van der Waals surface area contributed by atoms with Crippen LogP contribution >= 0.6 is 0 Å². The molecule has 2 unspecified atom stereocenters. The van der Waals surface area contributed by atoms with E-state index in [-0.39, 0.29) is 34.8 Å². The summed E-state index contributed by atoms with van der Waals surface area (Å²) in [7, 11) is 1.48. The molecule has 1 fully saturated rings. The second-order valence-electron chi connectivity index (χ2n) is 9.61. The molecular weight excluding hydrogens is 436 g/mol. The molecule has 1 aromatic carbocycles. The number of carboxylic acid groups (broad SMARTS) is 1. The van der Waals surface area contributed by atoms with Gasteiger partial charge in [0.05, 0.1) is 11.9 Å². The summed E-state index contributed by atoms with van der Waals surface area (Å²) >= 11 is 0. The van der Waals surface area contributed by atoms with Gasteiger partial charge in [0.25, 0.3) is 11.8 Å². The number of carbonyl (C=O) groups is 3. The molecule has 2 atom stereocenters. The van der Waals surface area contributed by atoms with E-state index in [4.69, 9.17) is 5.73 Å². The van der Waals surface area contributed by atoms with Crippen LogP contribution in [-0.2, 0) is 0 Å². The van der Waals surface area contributed by atoms with E-state index in [2.05, 4.69) is 20.6 Å². The van der Waals surface area contributed by atoms with E-state index in [0.717, 1.165) is 0 Å². The summed E-state index contributed by atoms with van der Waals surface area (Å²) in [6.45, 7) is 7.03. The Morgan fingerprint density at radius 1 is 1.24 bits per heavy atom. The number of rotatable bonds is 5. The monoisotopic (exact) mass is 468 g/mol. The Morgan fingerprint density at radius 2 is 1.97 bits per heavy atom.